The van der Waals surface area contributed by atoms with Crippen LogP contribution in [0.25, 0.3) is 0 Å². The van der Waals surface area contributed by atoms with Crippen LogP contribution in [0.1, 0.15) is 96.8 Å². The SMILES string of the molecule is CCCCCCCCC=CCCCCCCCC(=O)NC(N)=O. The number of carbonyl (C=O) groups is 2. The Balaban J connectivity index is 3.19. The zero-order valence-electron chi connectivity index (χ0n) is 14.9. The highest BCUT2D eigenvalue weighted by Crippen LogP contribution is 2.09. The lowest BCUT2D eigenvalue weighted by atomic mass is 10.1. The number of carbonyl (C=O) groups excluding carboxylic acids is 2. The number of allylic oxidation sites excluding steroid dienone is 2. The summed E-state index contributed by atoms with van der Waals surface area (Å²) in [6.45, 7) is 2.25. The third-order valence-electron chi connectivity index (χ3n) is 3.93. The summed E-state index contributed by atoms with van der Waals surface area (Å²) in [6, 6.07) is -0.761. The molecule has 0 aliphatic heterocycles. The number of unbranched alkanes of at least 4 members (excludes halogenated alkanes) is 11. The van der Waals surface area contributed by atoms with Crippen LogP contribution in [0.3, 0.4) is 0 Å². The lowest BCUT2D eigenvalue weighted by Gasteiger charge is -2.01. The minimum atomic E-state index is -0.761. The van der Waals surface area contributed by atoms with Crippen molar-refractivity contribution in [1.82, 2.24) is 5.32 Å². The fourth-order valence-corrected chi connectivity index (χ4v) is 2.56. The molecular weight excluding hydrogens is 288 g/mol. The normalized spacial score (nSPS) is 11.0. The first kappa shape index (κ1) is 21.7. The van der Waals surface area contributed by atoms with Crippen molar-refractivity contribution < 1.29 is 9.59 Å². The highest BCUT2D eigenvalue weighted by atomic mass is 16.2. The number of nitrogens with two attached hydrogens (primary N) is 1. The Kier molecular flexibility index (Phi) is 16.1. The van der Waals surface area contributed by atoms with Crippen molar-refractivity contribution in [3.05, 3.63) is 12.2 Å². The molecule has 0 saturated carbocycles. The van der Waals surface area contributed by atoms with Crippen LogP contribution in [0, 0.1) is 0 Å². The number of nitrogens with one attached hydrogen (secondary N) is 1. The van der Waals surface area contributed by atoms with E-state index < -0.39 is 6.03 Å². The van der Waals surface area contributed by atoms with E-state index in [1.54, 1.807) is 0 Å². The zero-order chi connectivity index (χ0) is 17.2. The lowest BCUT2D eigenvalue weighted by Crippen LogP contribution is -2.34. The molecule has 3 amide bonds. The number of hydrogen-bond donors (Lipinski definition) is 2. The molecule has 0 radical (unpaired) electrons. The quantitative estimate of drug-likeness (QED) is 0.320. The molecule has 0 aromatic rings. The average Bonchev–Trinajstić information content (AvgIpc) is 2.50. The van der Waals surface area contributed by atoms with Crippen LogP contribution in [0.5, 0.6) is 0 Å². The molecular formula is C19H36N2O2. The maximum Gasteiger partial charge on any atom is 0.318 e. The van der Waals surface area contributed by atoms with Gasteiger partial charge in [0.05, 0.1) is 0 Å². The van der Waals surface area contributed by atoms with Gasteiger partial charge in [0.15, 0.2) is 0 Å². The molecule has 4 nitrogen and oxygen atoms in total. The Labute approximate surface area is 142 Å². The van der Waals surface area contributed by atoms with Gasteiger partial charge in [-0.3, -0.25) is 10.1 Å². The van der Waals surface area contributed by atoms with Crippen molar-refractivity contribution in [3.8, 4) is 0 Å². The predicted molar refractivity (Wildman–Crippen MR) is 97.2 cm³/mol. The molecule has 0 aliphatic rings. The van der Waals surface area contributed by atoms with Gasteiger partial charge in [-0.25, -0.2) is 4.79 Å². The standard InChI is InChI=1S/C19H36N2O2/c1-2-3-4-5-6-7-8-9-10-11-12-13-14-15-16-17-18(22)21-19(20)23/h9-10H,2-8,11-17H2,1H3,(H3,20,21,22,23). The van der Waals surface area contributed by atoms with E-state index in [0.717, 1.165) is 25.7 Å². The van der Waals surface area contributed by atoms with Gasteiger partial charge in [-0.15, -0.1) is 0 Å². The van der Waals surface area contributed by atoms with Crippen LogP contribution in [-0.2, 0) is 4.79 Å². The molecule has 3 N–H and O–H groups in total. The molecule has 0 heterocycles. The smallest absolute Gasteiger partial charge is 0.318 e. The van der Waals surface area contributed by atoms with Crippen molar-refractivity contribution in [2.24, 2.45) is 5.73 Å². The second kappa shape index (κ2) is 17.0. The number of hydrogen-bond acceptors (Lipinski definition) is 2. The van der Waals surface area contributed by atoms with Crippen LogP contribution < -0.4 is 11.1 Å². The van der Waals surface area contributed by atoms with Gasteiger partial charge in [-0.05, 0) is 32.1 Å². The molecule has 4 heteroatoms. The van der Waals surface area contributed by atoms with Crippen LogP contribution in [0.4, 0.5) is 4.79 Å². The summed E-state index contributed by atoms with van der Waals surface area (Å²) in [5.41, 5.74) is 4.87. The Hall–Kier alpha value is -1.32. The summed E-state index contributed by atoms with van der Waals surface area (Å²) >= 11 is 0. The number of amides is 3. The first-order valence-electron chi connectivity index (χ1n) is 9.41. The first-order chi connectivity index (χ1) is 11.2. The summed E-state index contributed by atoms with van der Waals surface area (Å²) in [5, 5.41) is 2.08. The zero-order valence-corrected chi connectivity index (χ0v) is 14.9. The Bertz CT molecular complexity index is 327. The van der Waals surface area contributed by atoms with Crippen molar-refractivity contribution in [2.45, 2.75) is 96.8 Å². The van der Waals surface area contributed by atoms with Crippen LogP contribution in [0.15, 0.2) is 12.2 Å². The largest absolute Gasteiger partial charge is 0.351 e. The van der Waals surface area contributed by atoms with E-state index in [4.69, 9.17) is 5.73 Å². The molecule has 0 aromatic heterocycles. The van der Waals surface area contributed by atoms with Crippen LogP contribution in [-0.4, -0.2) is 11.9 Å². The maximum absolute atomic E-state index is 11.2. The summed E-state index contributed by atoms with van der Waals surface area (Å²) in [7, 11) is 0. The molecule has 0 spiro atoms. The number of rotatable bonds is 15. The molecule has 0 bridgehead atoms. The topological polar surface area (TPSA) is 72.2 Å². The van der Waals surface area contributed by atoms with Gasteiger partial charge < -0.3 is 5.73 Å². The minimum absolute atomic E-state index is 0.268. The second-order valence-electron chi connectivity index (χ2n) is 6.25. The predicted octanol–water partition coefficient (Wildman–Crippen LogP) is 5.22. The monoisotopic (exact) mass is 324 g/mol. The molecule has 0 fully saturated rings. The summed E-state index contributed by atoms with van der Waals surface area (Å²) < 4.78 is 0. The van der Waals surface area contributed by atoms with Gasteiger partial charge in [0.25, 0.3) is 0 Å². The average molecular weight is 325 g/mol. The summed E-state index contributed by atoms with van der Waals surface area (Å²) in [6.07, 6.45) is 21.0. The van der Waals surface area contributed by atoms with E-state index in [1.165, 1.54) is 57.8 Å². The summed E-state index contributed by atoms with van der Waals surface area (Å²) in [4.78, 5) is 21.6. The molecule has 0 aliphatic carbocycles. The van der Waals surface area contributed by atoms with E-state index in [1.807, 2.05) is 0 Å². The number of primary amides is 1. The van der Waals surface area contributed by atoms with Gasteiger partial charge >= 0.3 is 6.03 Å². The molecule has 0 saturated heterocycles. The Morgan fingerprint density at radius 3 is 1.78 bits per heavy atom. The second-order valence-corrected chi connectivity index (χ2v) is 6.25. The number of imide groups is 1. The molecule has 23 heavy (non-hydrogen) atoms. The van der Waals surface area contributed by atoms with E-state index in [9.17, 15) is 9.59 Å². The van der Waals surface area contributed by atoms with Gasteiger partial charge in [0.2, 0.25) is 5.91 Å². The van der Waals surface area contributed by atoms with Crippen LogP contribution in [0.2, 0.25) is 0 Å². The molecule has 0 rings (SSSR count). The van der Waals surface area contributed by atoms with Crippen molar-refractivity contribution >= 4 is 11.9 Å². The van der Waals surface area contributed by atoms with E-state index in [0.29, 0.717) is 6.42 Å². The Morgan fingerprint density at radius 1 is 0.783 bits per heavy atom. The fraction of sp³-hybridized carbons (Fsp3) is 0.789. The molecule has 0 aromatic carbocycles. The highest BCUT2D eigenvalue weighted by Gasteiger charge is 2.02. The van der Waals surface area contributed by atoms with Crippen LogP contribution >= 0.6 is 0 Å². The van der Waals surface area contributed by atoms with Gasteiger partial charge in [-0.2, -0.15) is 0 Å². The third-order valence-corrected chi connectivity index (χ3v) is 3.93. The minimum Gasteiger partial charge on any atom is -0.351 e. The maximum atomic E-state index is 11.2. The van der Waals surface area contributed by atoms with E-state index in [2.05, 4.69) is 24.4 Å². The first-order valence-corrected chi connectivity index (χ1v) is 9.41. The van der Waals surface area contributed by atoms with E-state index in [-0.39, 0.29) is 5.91 Å². The van der Waals surface area contributed by atoms with Gasteiger partial charge in [0.1, 0.15) is 0 Å². The van der Waals surface area contributed by atoms with Crippen molar-refractivity contribution in [3.63, 3.8) is 0 Å². The highest BCUT2D eigenvalue weighted by molar-refractivity contribution is 5.93. The lowest BCUT2D eigenvalue weighted by molar-refractivity contribution is -0.120. The Morgan fingerprint density at radius 2 is 1.26 bits per heavy atom. The molecule has 0 unspecified atom stereocenters. The molecule has 134 valence electrons. The number of urea groups is 1. The third kappa shape index (κ3) is 18.6. The van der Waals surface area contributed by atoms with Crippen molar-refractivity contribution in [1.29, 1.82) is 0 Å². The fourth-order valence-electron chi connectivity index (χ4n) is 2.56. The van der Waals surface area contributed by atoms with Gasteiger partial charge in [-0.1, -0.05) is 70.4 Å². The van der Waals surface area contributed by atoms with E-state index >= 15 is 0 Å². The molecule has 0 atom stereocenters. The van der Waals surface area contributed by atoms with Gasteiger partial charge in [0, 0.05) is 6.42 Å². The van der Waals surface area contributed by atoms with Crippen molar-refractivity contribution in [2.75, 3.05) is 0 Å². The summed E-state index contributed by atoms with van der Waals surface area (Å²) in [5.74, 6) is -0.268.